The van der Waals surface area contributed by atoms with E-state index in [2.05, 4.69) is 5.32 Å². The summed E-state index contributed by atoms with van der Waals surface area (Å²) in [5.41, 5.74) is 0.479. The van der Waals surface area contributed by atoms with E-state index >= 15 is 0 Å². The first-order valence-corrected chi connectivity index (χ1v) is 8.67. The number of carbonyl (C=O) groups excluding carboxylic acids is 1. The quantitative estimate of drug-likeness (QED) is 0.904. The smallest absolute Gasteiger partial charge is 0.242 e. The molecule has 1 N–H and O–H groups in total. The lowest BCUT2D eigenvalue weighted by Gasteiger charge is -2.13. The van der Waals surface area contributed by atoms with Crippen molar-refractivity contribution in [3.05, 3.63) is 58.6 Å². The number of hydrogen-bond acceptors (Lipinski definition) is 3. The summed E-state index contributed by atoms with van der Waals surface area (Å²) in [4.78, 5) is 12.2. The lowest BCUT2D eigenvalue weighted by molar-refractivity contribution is -0.115. The maximum absolute atomic E-state index is 12.4. The van der Waals surface area contributed by atoms with Gasteiger partial charge in [0.15, 0.2) is 9.84 Å². The second kappa shape index (κ2) is 6.69. The highest BCUT2D eigenvalue weighted by Crippen LogP contribution is 2.20. The van der Waals surface area contributed by atoms with Crippen LogP contribution in [-0.2, 0) is 14.6 Å². The largest absolute Gasteiger partial charge is 0.325 e. The van der Waals surface area contributed by atoms with Crippen LogP contribution in [0.15, 0.2) is 53.4 Å². The molecule has 0 aromatic heterocycles. The van der Waals surface area contributed by atoms with Crippen molar-refractivity contribution in [2.24, 2.45) is 0 Å². The fraction of sp³-hybridized carbons (Fsp3) is 0.133. The van der Waals surface area contributed by atoms with Gasteiger partial charge in [0, 0.05) is 15.7 Å². The normalized spacial score (nSPS) is 12.7. The third kappa shape index (κ3) is 3.80. The molecule has 2 rings (SSSR count). The minimum atomic E-state index is -3.78. The fourth-order valence-corrected chi connectivity index (χ4v) is 3.26. The molecule has 1 unspecified atom stereocenters. The molecule has 1 amide bonds. The van der Waals surface area contributed by atoms with Crippen LogP contribution in [0.5, 0.6) is 0 Å². The number of amides is 1. The van der Waals surface area contributed by atoms with E-state index < -0.39 is 21.0 Å². The number of halogens is 2. The molecule has 116 valence electrons. The standard InChI is InChI=1S/C15H13Cl2NO3S/c1-10(15(19)18-13-6-2-11(16)3-7-13)22(20,21)14-8-4-12(17)5-9-14/h2-10H,1H3,(H,18,19). The molecule has 0 spiro atoms. The molecule has 0 bridgehead atoms. The van der Waals surface area contributed by atoms with Crippen LogP contribution in [0.2, 0.25) is 10.0 Å². The van der Waals surface area contributed by atoms with Crippen molar-refractivity contribution in [3.8, 4) is 0 Å². The summed E-state index contributed by atoms with van der Waals surface area (Å²) in [6, 6.07) is 12.1. The number of benzene rings is 2. The monoisotopic (exact) mass is 357 g/mol. The van der Waals surface area contributed by atoms with Gasteiger partial charge in [0.2, 0.25) is 5.91 Å². The Bertz CT molecular complexity index is 771. The van der Waals surface area contributed by atoms with Gasteiger partial charge >= 0.3 is 0 Å². The highest BCUT2D eigenvalue weighted by molar-refractivity contribution is 7.92. The van der Waals surface area contributed by atoms with Gasteiger partial charge < -0.3 is 5.32 Å². The molecule has 0 saturated heterocycles. The summed E-state index contributed by atoms with van der Waals surface area (Å²) in [5, 5.41) is 2.28. The number of sulfone groups is 1. The zero-order valence-corrected chi connectivity index (χ0v) is 13.9. The Hall–Kier alpha value is -1.56. The van der Waals surface area contributed by atoms with Gasteiger partial charge in [-0.05, 0) is 55.5 Å². The Morgan fingerprint density at radius 3 is 1.91 bits per heavy atom. The van der Waals surface area contributed by atoms with Crippen molar-refractivity contribution in [3.63, 3.8) is 0 Å². The van der Waals surface area contributed by atoms with E-state index in [9.17, 15) is 13.2 Å². The Kier molecular flexibility index (Phi) is 5.11. The summed E-state index contributed by atoms with van der Waals surface area (Å²) < 4.78 is 24.8. The first-order valence-electron chi connectivity index (χ1n) is 6.36. The minimum Gasteiger partial charge on any atom is -0.325 e. The molecule has 0 aliphatic rings. The van der Waals surface area contributed by atoms with Crippen LogP contribution in [0.1, 0.15) is 6.92 Å². The summed E-state index contributed by atoms with van der Waals surface area (Å²) in [5.74, 6) is -0.614. The average molecular weight is 358 g/mol. The lowest BCUT2D eigenvalue weighted by Crippen LogP contribution is -2.32. The summed E-state index contributed by atoms with van der Waals surface area (Å²) in [7, 11) is -3.78. The van der Waals surface area contributed by atoms with Crippen molar-refractivity contribution in [1.29, 1.82) is 0 Å². The van der Waals surface area contributed by atoms with E-state index in [1.807, 2.05) is 0 Å². The van der Waals surface area contributed by atoms with Crippen molar-refractivity contribution >= 4 is 44.6 Å². The number of anilines is 1. The van der Waals surface area contributed by atoms with E-state index in [4.69, 9.17) is 23.2 Å². The molecule has 0 radical (unpaired) electrons. The van der Waals surface area contributed by atoms with Gasteiger partial charge in [0.1, 0.15) is 5.25 Å². The summed E-state index contributed by atoms with van der Waals surface area (Å²) in [6.45, 7) is 1.34. The Balaban J connectivity index is 2.18. The molecule has 0 aliphatic heterocycles. The topological polar surface area (TPSA) is 63.2 Å². The van der Waals surface area contributed by atoms with E-state index in [-0.39, 0.29) is 4.90 Å². The van der Waals surface area contributed by atoms with Crippen LogP contribution in [0.25, 0.3) is 0 Å². The molecule has 4 nitrogen and oxygen atoms in total. The number of nitrogens with one attached hydrogen (secondary N) is 1. The molecule has 7 heteroatoms. The Morgan fingerprint density at radius 1 is 0.955 bits per heavy atom. The molecule has 22 heavy (non-hydrogen) atoms. The predicted molar refractivity (Wildman–Crippen MR) is 88.2 cm³/mol. The van der Waals surface area contributed by atoms with E-state index in [1.54, 1.807) is 24.3 Å². The van der Waals surface area contributed by atoms with Crippen LogP contribution < -0.4 is 5.32 Å². The van der Waals surface area contributed by atoms with E-state index in [0.29, 0.717) is 15.7 Å². The zero-order chi connectivity index (χ0) is 16.3. The van der Waals surface area contributed by atoms with Crippen LogP contribution in [0.4, 0.5) is 5.69 Å². The van der Waals surface area contributed by atoms with E-state index in [1.165, 1.54) is 31.2 Å². The molecule has 2 aromatic rings. The van der Waals surface area contributed by atoms with Crippen LogP contribution in [0, 0.1) is 0 Å². The number of rotatable bonds is 4. The van der Waals surface area contributed by atoms with Crippen molar-refractivity contribution in [2.45, 2.75) is 17.1 Å². The second-order valence-corrected chi connectivity index (χ2v) is 7.78. The minimum absolute atomic E-state index is 0.0515. The maximum atomic E-state index is 12.4. The Labute approximate surface area is 139 Å². The van der Waals surface area contributed by atoms with Gasteiger partial charge in [0.25, 0.3) is 0 Å². The van der Waals surface area contributed by atoms with Crippen LogP contribution >= 0.6 is 23.2 Å². The molecule has 1 atom stereocenters. The van der Waals surface area contributed by atoms with Crippen molar-refractivity contribution < 1.29 is 13.2 Å². The average Bonchev–Trinajstić information content (AvgIpc) is 2.49. The molecular weight excluding hydrogens is 345 g/mol. The molecule has 0 saturated carbocycles. The van der Waals surface area contributed by atoms with E-state index in [0.717, 1.165) is 0 Å². The second-order valence-electron chi connectivity index (χ2n) is 4.64. The van der Waals surface area contributed by atoms with Crippen LogP contribution in [-0.4, -0.2) is 19.6 Å². The van der Waals surface area contributed by atoms with Gasteiger partial charge in [-0.25, -0.2) is 8.42 Å². The lowest BCUT2D eigenvalue weighted by atomic mass is 10.3. The molecular formula is C15H13Cl2NO3S. The molecule has 0 fully saturated rings. The maximum Gasteiger partial charge on any atom is 0.242 e. The summed E-state index contributed by atoms with van der Waals surface area (Å²) >= 11 is 11.5. The molecule has 0 aliphatic carbocycles. The highest BCUT2D eigenvalue weighted by Gasteiger charge is 2.29. The Morgan fingerprint density at radius 2 is 1.41 bits per heavy atom. The SMILES string of the molecule is CC(C(=O)Nc1ccc(Cl)cc1)S(=O)(=O)c1ccc(Cl)cc1. The van der Waals surface area contributed by atoms with Gasteiger partial charge in [-0.3, -0.25) is 4.79 Å². The first-order chi connectivity index (χ1) is 10.3. The van der Waals surface area contributed by atoms with Gasteiger partial charge in [-0.1, -0.05) is 23.2 Å². The zero-order valence-electron chi connectivity index (χ0n) is 11.6. The van der Waals surface area contributed by atoms with Gasteiger partial charge in [-0.2, -0.15) is 0 Å². The third-order valence-corrected chi connectivity index (χ3v) is 5.67. The molecule has 2 aromatic carbocycles. The summed E-state index contributed by atoms with van der Waals surface area (Å²) in [6.07, 6.45) is 0. The number of carbonyl (C=O) groups is 1. The van der Waals surface area contributed by atoms with Crippen LogP contribution in [0.3, 0.4) is 0 Å². The third-order valence-electron chi connectivity index (χ3n) is 3.09. The van der Waals surface area contributed by atoms with Gasteiger partial charge in [0.05, 0.1) is 4.90 Å². The first kappa shape index (κ1) is 16.8. The van der Waals surface area contributed by atoms with Crippen molar-refractivity contribution in [2.75, 3.05) is 5.32 Å². The predicted octanol–water partition coefficient (Wildman–Crippen LogP) is 3.79. The highest BCUT2D eigenvalue weighted by atomic mass is 35.5. The van der Waals surface area contributed by atoms with Gasteiger partial charge in [-0.15, -0.1) is 0 Å². The molecule has 0 heterocycles. The van der Waals surface area contributed by atoms with Crippen molar-refractivity contribution in [1.82, 2.24) is 0 Å². The number of hydrogen-bond donors (Lipinski definition) is 1. The fourth-order valence-electron chi connectivity index (χ4n) is 1.75.